The van der Waals surface area contributed by atoms with Crippen LogP contribution in [0.15, 0.2) is 12.7 Å². The normalized spacial score (nSPS) is 9.40. The molecule has 0 bridgehead atoms. The molecule has 0 radical (unpaired) electrons. The topological polar surface area (TPSA) is 66.8 Å². The summed E-state index contributed by atoms with van der Waals surface area (Å²) in [5.41, 5.74) is 0. The summed E-state index contributed by atoms with van der Waals surface area (Å²) in [5, 5.41) is 8.79. The van der Waals surface area contributed by atoms with Crippen molar-refractivity contribution >= 4 is 12.1 Å². The molecule has 0 aromatic heterocycles. The van der Waals surface area contributed by atoms with Crippen LogP contribution in [0.3, 0.4) is 0 Å². The minimum absolute atomic E-state index is 0.0703. The van der Waals surface area contributed by atoms with E-state index in [2.05, 4.69) is 11.3 Å². The molecular formula is C10H17NO4. The number of carbonyl (C=O) groups is 2. The molecule has 0 heterocycles. The minimum atomic E-state index is -0.988. The van der Waals surface area contributed by atoms with Crippen molar-refractivity contribution in [2.75, 3.05) is 19.7 Å². The van der Waals surface area contributed by atoms with Gasteiger partial charge >= 0.3 is 12.1 Å². The molecule has 0 spiro atoms. The van der Waals surface area contributed by atoms with Crippen molar-refractivity contribution in [1.82, 2.24) is 4.90 Å². The largest absolute Gasteiger partial charge is 0.465 e. The Kier molecular flexibility index (Phi) is 7.05. The number of rotatable bonds is 7. The van der Waals surface area contributed by atoms with Gasteiger partial charge in [0.05, 0.1) is 6.54 Å². The number of carboxylic acid groups (broad SMARTS) is 1. The Morgan fingerprint density at radius 3 is 2.60 bits per heavy atom. The fourth-order valence-corrected chi connectivity index (χ4v) is 0.967. The number of hydrogen-bond donors (Lipinski definition) is 1. The third-order valence-corrected chi connectivity index (χ3v) is 1.82. The maximum atomic E-state index is 10.7. The van der Waals surface area contributed by atoms with Crippen molar-refractivity contribution < 1.29 is 19.4 Å². The van der Waals surface area contributed by atoms with Crippen LogP contribution in [-0.2, 0) is 9.53 Å². The van der Waals surface area contributed by atoms with E-state index in [9.17, 15) is 9.59 Å². The van der Waals surface area contributed by atoms with Crippen molar-refractivity contribution in [3.63, 3.8) is 0 Å². The van der Waals surface area contributed by atoms with E-state index in [-0.39, 0.29) is 13.2 Å². The Morgan fingerprint density at radius 2 is 2.13 bits per heavy atom. The molecular weight excluding hydrogens is 198 g/mol. The summed E-state index contributed by atoms with van der Waals surface area (Å²) < 4.78 is 4.69. The van der Waals surface area contributed by atoms with E-state index in [0.29, 0.717) is 6.54 Å². The summed E-state index contributed by atoms with van der Waals surface area (Å²) in [6.07, 6.45) is 1.80. The first-order valence-corrected chi connectivity index (χ1v) is 4.88. The molecule has 0 atom stereocenters. The van der Waals surface area contributed by atoms with Gasteiger partial charge in [-0.05, 0) is 6.42 Å². The zero-order valence-electron chi connectivity index (χ0n) is 8.94. The molecule has 0 aromatic rings. The Hall–Kier alpha value is -1.52. The lowest BCUT2D eigenvalue weighted by atomic mass is 10.3. The second kappa shape index (κ2) is 7.84. The molecule has 0 aliphatic carbocycles. The van der Waals surface area contributed by atoms with Gasteiger partial charge in [-0.3, -0.25) is 0 Å². The fraction of sp³-hybridized carbons (Fsp3) is 0.600. The van der Waals surface area contributed by atoms with Crippen LogP contribution in [0, 0.1) is 0 Å². The number of nitrogens with zero attached hydrogens (tertiary/aromatic N) is 1. The van der Waals surface area contributed by atoms with Gasteiger partial charge in [-0.15, -0.1) is 0 Å². The Balaban J connectivity index is 3.80. The lowest BCUT2D eigenvalue weighted by molar-refractivity contribution is -0.138. The molecule has 86 valence electrons. The molecule has 0 aliphatic heterocycles. The smallest absolute Gasteiger partial charge is 0.407 e. The van der Waals surface area contributed by atoms with Crippen molar-refractivity contribution in [3.05, 3.63) is 12.7 Å². The van der Waals surface area contributed by atoms with Crippen LogP contribution in [0.2, 0.25) is 0 Å². The maximum absolute atomic E-state index is 10.7. The summed E-state index contributed by atoms with van der Waals surface area (Å²) in [5.74, 6) is -0.532. The molecule has 0 fully saturated rings. The predicted molar refractivity (Wildman–Crippen MR) is 55.7 cm³/mol. The molecule has 0 unspecified atom stereocenters. The average molecular weight is 215 g/mol. The maximum Gasteiger partial charge on any atom is 0.407 e. The summed E-state index contributed by atoms with van der Waals surface area (Å²) in [6, 6.07) is 0. The van der Waals surface area contributed by atoms with Crippen LogP contribution in [0.5, 0.6) is 0 Å². The van der Waals surface area contributed by atoms with Gasteiger partial charge in [-0.25, -0.2) is 9.59 Å². The number of ether oxygens (including phenoxy) is 1. The average Bonchev–Trinajstić information content (AvgIpc) is 2.22. The monoisotopic (exact) mass is 215 g/mol. The molecule has 1 amide bonds. The highest BCUT2D eigenvalue weighted by Gasteiger charge is 2.10. The fourth-order valence-electron chi connectivity index (χ4n) is 0.967. The summed E-state index contributed by atoms with van der Waals surface area (Å²) in [6.45, 7) is 5.97. The molecule has 0 saturated heterocycles. The predicted octanol–water partition coefficient (Wildman–Crippen LogP) is 1.50. The van der Waals surface area contributed by atoms with Gasteiger partial charge in [0.15, 0.2) is 0 Å². The molecule has 0 aliphatic rings. The third kappa shape index (κ3) is 6.54. The number of carbonyl (C=O) groups excluding carboxylic acids is 1. The summed E-state index contributed by atoms with van der Waals surface area (Å²) in [7, 11) is 0. The first-order chi connectivity index (χ1) is 7.11. The standard InChI is InChI=1S/C10H17NO4/c1-3-5-6-11(10(13)14)7-8-15-9(12)4-2/h4H,2-3,5-8H2,1H3,(H,13,14). The summed E-state index contributed by atoms with van der Waals surface area (Å²) in [4.78, 5) is 22.6. The van der Waals surface area contributed by atoms with Crippen molar-refractivity contribution in [2.24, 2.45) is 0 Å². The van der Waals surface area contributed by atoms with Crippen molar-refractivity contribution in [2.45, 2.75) is 19.8 Å². The lowest BCUT2D eigenvalue weighted by Gasteiger charge is -2.18. The second-order valence-corrected chi connectivity index (χ2v) is 2.99. The molecule has 1 N–H and O–H groups in total. The van der Waals surface area contributed by atoms with Gasteiger partial charge in [-0.2, -0.15) is 0 Å². The number of amides is 1. The zero-order chi connectivity index (χ0) is 11.7. The minimum Gasteiger partial charge on any atom is -0.465 e. The SMILES string of the molecule is C=CC(=O)OCCN(CCCC)C(=O)O. The van der Waals surface area contributed by atoms with Crippen LogP contribution >= 0.6 is 0 Å². The molecule has 15 heavy (non-hydrogen) atoms. The van der Waals surface area contributed by atoms with Gasteiger partial charge in [0, 0.05) is 12.6 Å². The van der Waals surface area contributed by atoms with Gasteiger partial charge in [-0.1, -0.05) is 19.9 Å². The van der Waals surface area contributed by atoms with E-state index in [1.807, 2.05) is 6.92 Å². The third-order valence-electron chi connectivity index (χ3n) is 1.82. The summed E-state index contributed by atoms with van der Waals surface area (Å²) >= 11 is 0. The van der Waals surface area contributed by atoms with E-state index < -0.39 is 12.1 Å². The van der Waals surface area contributed by atoms with E-state index in [0.717, 1.165) is 18.9 Å². The highest BCUT2D eigenvalue weighted by atomic mass is 16.5. The van der Waals surface area contributed by atoms with Crippen LogP contribution < -0.4 is 0 Å². The molecule has 5 nitrogen and oxygen atoms in total. The first-order valence-electron chi connectivity index (χ1n) is 4.88. The van der Waals surface area contributed by atoms with Gasteiger partial charge in [0.1, 0.15) is 6.61 Å². The van der Waals surface area contributed by atoms with Crippen LogP contribution in [0.1, 0.15) is 19.8 Å². The highest BCUT2D eigenvalue weighted by molar-refractivity contribution is 5.81. The van der Waals surface area contributed by atoms with E-state index in [1.54, 1.807) is 0 Å². The van der Waals surface area contributed by atoms with Gasteiger partial charge < -0.3 is 14.7 Å². The van der Waals surface area contributed by atoms with Crippen molar-refractivity contribution in [3.8, 4) is 0 Å². The number of unbranched alkanes of at least 4 members (excludes halogenated alkanes) is 1. The van der Waals surface area contributed by atoms with Crippen LogP contribution in [-0.4, -0.2) is 41.8 Å². The second-order valence-electron chi connectivity index (χ2n) is 2.99. The molecule has 0 rings (SSSR count). The van der Waals surface area contributed by atoms with E-state index >= 15 is 0 Å². The Labute approximate surface area is 89.3 Å². The number of hydrogen-bond acceptors (Lipinski definition) is 3. The Bertz CT molecular complexity index is 227. The lowest BCUT2D eigenvalue weighted by Crippen LogP contribution is -2.33. The number of esters is 1. The molecule has 5 heteroatoms. The van der Waals surface area contributed by atoms with Crippen LogP contribution in [0.4, 0.5) is 4.79 Å². The van der Waals surface area contributed by atoms with Crippen molar-refractivity contribution in [1.29, 1.82) is 0 Å². The zero-order valence-corrected chi connectivity index (χ0v) is 8.94. The van der Waals surface area contributed by atoms with E-state index in [1.165, 1.54) is 4.90 Å². The van der Waals surface area contributed by atoms with Gasteiger partial charge in [0.2, 0.25) is 0 Å². The van der Waals surface area contributed by atoms with Crippen LogP contribution in [0.25, 0.3) is 0 Å². The van der Waals surface area contributed by atoms with Gasteiger partial charge in [0.25, 0.3) is 0 Å². The highest BCUT2D eigenvalue weighted by Crippen LogP contribution is 1.96. The molecule has 0 aromatic carbocycles. The Morgan fingerprint density at radius 1 is 1.47 bits per heavy atom. The van der Waals surface area contributed by atoms with E-state index in [4.69, 9.17) is 5.11 Å². The molecule has 0 saturated carbocycles. The quantitative estimate of drug-likeness (QED) is 0.516. The first kappa shape index (κ1) is 13.5.